The molecule has 102 valence electrons. The third kappa shape index (κ3) is 1.88. The van der Waals surface area contributed by atoms with E-state index < -0.39 is 0 Å². The van der Waals surface area contributed by atoms with Gasteiger partial charge in [-0.05, 0) is 66.6 Å². The molecular formula is C17H17NOS. The van der Waals surface area contributed by atoms with Gasteiger partial charge < -0.3 is 4.90 Å². The van der Waals surface area contributed by atoms with Crippen molar-refractivity contribution in [3.8, 4) is 10.4 Å². The standard InChI is InChI=1S/C17H17NOS/c19-11-15-5-6-16(20-15)14-9-12-3-1-7-18-8-2-4-13(10-14)17(12)18/h5-6,9-11H,1-4,7-8H2. The molecule has 0 saturated heterocycles. The summed E-state index contributed by atoms with van der Waals surface area (Å²) < 4.78 is 0. The van der Waals surface area contributed by atoms with Gasteiger partial charge in [-0.3, -0.25) is 4.79 Å². The molecule has 0 amide bonds. The molecule has 0 radical (unpaired) electrons. The number of aryl methyl sites for hydroxylation is 2. The van der Waals surface area contributed by atoms with Crippen molar-refractivity contribution in [2.24, 2.45) is 0 Å². The first-order chi connectivity index (χ1) is 9.85. The molecule has 2 aliphatic rings. The van der Waals surface area contributed by atoms with Gasteiger partial charge >= 0.3 is 0 Å². The van der Waals surface area contributed by atoms with E-state index >= 15 is 0 Å². The lowest BCUT2D eigenvalue weighted by atomic mass is 9.90. The van der Waals surface area contributed by atoms with Gasteiger partial charge in [-0.15, -0.1) is 11.3 Å². The van der Waals surface area contributed by atoms with Crippen molar-refractivity contribution in [1.29, 1.82) is 0 Å². The Morgan fingerprint density at radius 2 is 1.75 bits per heavy atom. The summed E-state index contributed by atoms with van der Waals surface area (Å²) >= 11 is 1.59. The van der Waals surface area contributed by atoms with Crippen LogP contribution in [-0.2, 0) is 12.8 Å². The van der Waals surface area contributed by atoms with Crippen molar-refractivity contribution in [3.63, 3.8) is 0 Å². The average Bonchev–Trinajstić information content (AvgIpc) is 2.97. The van der Waals surface area contributed by atoms with Gasteiger partial charge in [-0.25, -0.2) is 0 Å². The minimum atomic E-state index is 0.813. The number of carbonyl (C=O) groups is 1. The highest BCUT2D eigenvalue weighted by atomic mass is 32.1. The van der Waals surface area contributed by atoms with Crippen LogP contribution in [-0.4, -0.2) is 19.4 Å². The van der Waals surface area contributed by atoms with E-state index in [9.17, 15) is 4.79 Å². The third-order valence-electron chi connectivity index (χ3n) is 4.36. The van der Waals surface area contributed by atoms with Crippen LogP contribution in [0.15, 0.2) is 24.3 Å². The molecule has 0 aliphatic carbocycles. The van der Waals surface area contributed by atoms with Gasteiger partial charge in [0.2, 0.25) is 0 Å². The maximum Gasteiger partial charge on any atom is 0.160 e. The summed E-state index contributed by atoms with van der Waals surface area (Å²) in [5.41, 5.74) is 5.81. The topological polar surface area (TPSA) is 20.3 Å². The molecule has 3 heterocycles. The third-order valence-corrected chi connectivity index (χ3v) is 5.42. The van der Waals surface area contributed by atoms with E-state index in [-0.39, 0.29) is 0 Å². The Balaban J connectivity index is 1.84. The molecule has 0 saturated carbocycles. The van der Waals surface area contributed by atoms with Gasteiger partial charge in [-0.2, -0.15) is 0 Å². The van der Waals surface area contributed by atoms with Crippen LogP contribution in [0.5, 0.6) is 0 Å². The Hall–Kier alpha value is -1.61. The maximum atomic E-state index is 10.9. The molecule has 2 aliphatic heterocycles. The second-order valence-electron chi connectivity index (χ2n) is 5.66. The monoisotopic (exact) mass is 283 g/mol. The van der Waals surface area contributed by atoms with Gasteiger partial charge in [0, 0.05) is 23.7 Å². The van der Waals surface area contributed by atoms with Crippen molar-refractivity contribution in [3.05, 3.63) is 40.3 Å². The zero-order chi connectivity index (χ0) is 13.5. The fourth-order valence-electron chi connectivity index (χ4n) is 3.52. The SMILES string of the molecule is O=Cc1ccc(-c2cc3c4c(c2)CCCN4CCC3)s1. The molecule has 0 unspecified atom stereocenters. The number of thiophene rings is 1. The number of nitrogens with zero attached hydrogens (tertiary/aromatic N) is 1. The zero-order valence-corrected chi connectivity index (χ0v) is 12.2. The van der Waals surface area contributed by atoms with Crippen LogP contribution in [0.1, 0.15) is 33.6 Å². The summed E-state index contributed by atoms with van der Waals surface area (Å²) in [4.78, 5) is 15.5. The molecular weight excluding hydrogens is 266 g/mol. The van der Waals surface area contributed by atoms with Crippen LogP contribution in [0.2, 0.25) is 0 Å². The number of hydrogen-bond acceptors (Lipinski definition) is 3. The Kier molecular flexibility index (Phi) is 2.88. The lowest BCUT2D eigenvalue weighted by molar-refractivity contribution is 0.112. The molecule has 0 atom stereocenters. The highest BCUT2D eigenvalue weighted by molar-refractivity contribution is 7.17. The predicted molar refractivity (Wildman–Crippen MR) is 84.0 cm³/mol. The average molecular weight is 283 g/mol. The molecule has 1 aromatic heterocycles. The summed E-state index contributed by atoms with van der Waals surface area (Å²) in [5, 5.41) is 0. The second kappa shape index (κ2) is 4.74. The van der Waals surface area contributed by atoms with E-state index in [0.29, 0.717) is 0 Å². The molecule has 2 nitrogen and oxygen atoms in total. The number of aldehydes is 1. The first kappa shape index (κ1) is 12.2. The Morgan fingerprint density at radius 1 is 1.05 bits per heavy atom. The molecule has 4 rings (SSSR count). The van der Waals surface area contributed by atoms with E-state index in [2.05, 4.69) is 23.1 Å². The van der Waals surface area contributed by atoms with Gasteiger partial charge in [-0.1, -0.05) is 0 Å². The van der Waals surface area contributed by atoms with Crippen molar-refractivity contribution >= 4 is 23.3 Å². The minimum Gasteiger partial charge on any atom is -0.371 e. The van der Waals surface area contributed by atoms with E-state index in [1.165, 1.54) is 66.0 Å². The predicted octanol–water partition coefficient (Wildman–Crippen LogP) is 3.93. The van der Waals surface area contributed by atoms with Crippen LogP contribution in [0.4, 0.5) is 5.69 Å². The first-order valence-corrected chi connectivity index (χ1v) is 8.13. The largest absolute Gasteiger partial charge is 0.371 e. The molecule has 3 heteroatoms. The summed E-state index contributed by atoms with van der Waals surface area (Å²) in [6.45, 7) is 2.43. The van der Waals surface area contributed by atoms with Gasteiger partial charge in [0.1, 0.15) is 0 Å². The number of rotatable bonds is 2. The maximum absolute atomic E-state index is 10.9. The van der Waals surface area contributed by atoms with Gasteiger partial charge in [0.25, 0.3) is 0 Å². The second-order valence-corrected chi connectivity index (χ2v) is 6.77. The first-order valence-electron chi connectivity index (χ1n) is 7.31. The van der Waals surface area contributed by atoms with Crippen molar-refractivity contribution in [1.82, 2.24) is 0 Å². The van der Waals surface area contributed by atoms with E-state index in [4.69, 9.17) is 0 Å². The summed E-state index contributed by atoms with van der Waals surface area (Å²) in [6.07, 6.45) is 5.86. The smallest absolute Gasteiger partial charge is 0.160 e. The van der Waals surface area contributed by atoms with E-state index in [1.807, 2.05) is 6.07 Å². The van der Waals surface area contributed by atoms with E-state index in [0.717, 1.165) is 11.2 Å². The van der Waals surface area contributed by atoms with Crippen LogP contribution >= 0.6 is 11.3 Å². The quantitative estimate of drug-likeness (QED) is 0.778. The van der Waals surface area contributed by atoms with Crippen molar-refractivity contribution in [2.45, 2.75) is 25.7 Å². The van der Waals surface area contributed by atoms with Crippen LogP contribution in [0.25, 0.3) is 10.4 Å². The minimum absolute atomic E-state index is 0.813. The van der Waals surface area contributed by atoms with Crippen LogP contribution in [0.3, 0.4) is 0 Å². The Labute approximate surface area is 123 Å². The molecule has 0 spiro atoms. The van der Waals surface area contributed by atoms with Crippen molar-refractivity contribution < 1.29 is 4.79 Å². The van der Waals surface area contributed by atoms with Gasteiger partial charge in [0.05, 0.1) is 4.88 Å². The molecule has 0 N–H and O–H groups in total. The molecule has 2 aromatic rings. The molecule has 0 fully saturated rings. The Morgan fingerprint density at radius 3 is 2.35 bits per heavy atom. The lowest BCUT2D eigenvalue weighted by Gasteiger charge is -2.37. The number of benzene rings is 1. The van der Waals surface area contributed by atoms with Crippen LogP contribution in [0, 0.1) is 0 Å². The normalized spacial score (nSPS) is 16.9. The number of hydrogen-bond donors (Lipinski definition) is 0. The van der Waals surface area contributed by atoms with Gasteiger partial charge in [0.15, 0.2) is 6.29 Å². The molecule has 0 bridgehead atoms. The van der Waals surface area contributed by atoms with E-state index in [1.54, 1.807) is 11.3 Å². The summed E-state index contributed by atoms with van der Waals surface area (Å²) in [5.74, 6) is 0. The highest BCUT2D eigenvalue weighted by Gasteiger charge is 2.24. The van der Waals surface area contributed by atoms with Crippen LogP contribution < -0.4 is 4.90 Å². The fraction of sp³-hybridized carbons (Fsp3) is 0.353. The fourth-order valence-corrected chi connectivity index (χ4v) is 4.33. The summed E-state index contributed by atoms with van der Waals surface area (Å²) in [6, 6.07) is 8.68. The number of carbonyl (C=O) groups excluding carboxylic acids is 1. The Bertz CT molecular complexity index is 642. The molecule has 20 heavy (non-hydrogen) atoms. The molecule has 1 aromatic carbocycles. The van der Waals surface area contributed by atoms with Crippen molar-refractivity contribution in [2.75, 3.05) is 18.0 Å². The lowest BCUT2D eigenvalue weighted by Crippen LogP contribution is -2.34. The summed E-state index contributed by atoms with van der Waals surface area (Å²) in [7, 11) is 0. The zero-order valence-electron chi connectivity index (χ0n) is 11.4. The number of anilines is 1. The highest BCUT2D eigenvalue weighted by Crippen LogP contribution is 2.39.